The molecule has 0 aromatic carbocycles. The first kappa shape index (κ1) is 12.4. The van der Waals surface area contributed by atoms with Crippen molar-refractivity contribution in [1.82, 2.24) is 10.5 Å². The minimum absolute atomic E-state index is 0.326. The van der Waals surface area contributed by atoms with Crippen molar-refractivity contribution < 1.29 is 14.4 Å². The van der Waals surface area contributed by atoms with Crippen molar-refractivity contribution in [3.05, 3.63) is 0 Å². The van der Waals surface area contributed by atoms with E-state index in [1.807, 2.05) is 5.59 Å². The van der Waals surface area contributed by atoms with Crippen LogP contribution < -0.4 is 11.4 Å². The van der Waals surface area contributed by atoms with Crippen LogP contribution in [0.15, 0.2) is 0 Å². The summed E-state index contributed by atoms with van der Waals surface area (Å²) in [6.45, 7) is 3.54. The molecule has 0 radical (unpaired) electrons. The van der Waals surface area contributed by atoms with Crippen LogP contribution in [-0.2, 0) is 14.4 Å². The van der Waals surface area contributed by atoms with E-state index in [4.69, 9.17) is 10.6 Å². The highest BCUT2D eigenvalue weighted by Crippen LogP contribution is 2.16. The lowest BCUT2D eigenvalue weighted by Crippen LogP contribution is -2.30. The number of rotatable bonds is 6. The van der Waals surface area contributed by atoms with E-state index in [0.29, 0.717) is 12.3 Å². The summed E-state index contributed by atoms with van der Waals surface area (Å²) in [5, 5.41) is 0. The minimum Gasteiger partial charge on any atom is -0.384 e. The molecule has 1 saturated heterocycles. The lowest BCUT2D eigenvalue weighted by atomic mass is 10.1. The van der Waals surface area contributed by atoms with Crippen molar-refractivity contribution in [1.29, 1.82) is 0 Å². The van der Waals surface area contributed by atoms with Crippen LogP contribution in [0.3, 0.4) is 0 Å². The van der Waals surface area contributed by atoms with Crippen molar-refractivity contribution in [2.75, 3.05) is 33.4 Å². The molecular formula is C9H19N3O3. The Morgan fingerprint density at radius 1 is 1.67 bits per heavy atom. The first-order chi connectivity index (χ1) is 7.26. The van der Waals surface area contributed by atoms with Gasteiger partial charge in [0.1, 0.15) is 0 Å². The van der Waals surface area contributed by atoms with Gasteiger partial charge in [0.25, 0.3) is 0 Å². The number of methoxy groups -OCH3 is 1. The fraction of sp³-hybridized carbons (Fsp3) is 0.889. The smallest absolute Gasteiger partial charge is 0.327 e. The van der Waals surface area contributed by atoms with Gasteiger partial charge in [-0.3, -0.25) is 4.79 Å². The van der Waals surface area contributed by atoms with Gasteiger partial charge in [-0.05, 0) is 18.9 Å². The topological polar surface area (TPSA) is 76.8 Å². The molecule has 6 heteroatoms. The molecule has 88 valence electrons. The number of carbonyl (C=O) groups is 1. The Hall–Kier alpha value is -0.690. The SMILES string of the molecule is COCC1CCN(CCC(=O)ONN)C1. The second kappa shape index (κ2) is 6.73. The highest BCUT2D eigenvalue weighted by Gasteiger charge is 2.22. The number of ether oxygens (including phenoxy) is 1. The molecule has 0 aromatic heterocycles. The van der Waals surface area contributed by atoms with Gasteiger partial charge in [0, 0.05) is 20.2 Å². The number of nitrogens with zero attached hydrogens (tertiary/aromatic N) is 1. The van der Waals surface area contributed by atoms with Gasteiger partial charge < -0.3 is 14.5 Å². The summed E-state index contributed by atoms with van der Waals surface area (Å²) in [6, 6.07) is 0. The maximum absolute atomic E-state index is 11.0. The van der Waals surface area contributed by atoms with Crippen molar-refractivity contribution in [3.8, 4) is 0 Å². The van der Waals surface area contributed by atoms with Crippen LogP contribution in [0, 0.1) is 5.92 Å². The number of hydrogen-bond acceptors (Lipinski definition) is 6. The van der Waals surface area contributed by atoms with Crippen LogP contribution >= 0.6 is 0 Å². The average molecular weight is 217 g/mol. The van der Waals surface area contributed by atoms with Gasteiger partial charge in [-0.2, -0.15) is 0 Å². The highest BCUT2D eigenvalue weighted by molar-refractivity contribution is 5.69. The normalized spacial score (nSPS) is 21.9. The predicted molar refractivity (Wildman–Crippen MR) is 54.5 cm³/mol. The second-order valence-electron chi connectivity index (χ2n) is 3.75. The van der Waals surface area contributed by atoms with Crippen LogP contribution in [-0.4, -0.2) is 44.2 Å². The zero-order valence-electron chi connectivity index (χ0n) is 9.07. The Balaban J connectivity index is 2.10. The Bertz CT molecular complexity index is 201. The van der Waals surface area contributed by atoms with E-state index in [1.54, 1.807) is 7.11 Å². The molecule has 1 fully saturated rings. The molecule has 1 rings (SSSR count). The summed E-state index contributed by atoms with van der Waals surface area (Å²) in [5.74, 6) is 5.12. The summed E-state index contributed by atoms with van der Waals surface area (Å²) in [7, 11) is 1.72. The van der Waals surface area contributed by atoms with Crippen LogP contribution in [0.25, 0.3) is 0 Å². The number of hydrazine groups is 1. The first-order valence-electron chi connectivity index (χ1n) is 5.12. The standard InChI is InChI=1S/C9H19N3O3/c1-14-7-8-2-4-12(6-8)5-3-9(13)15-11-10/h8,11H,2-7,10H2,1H3. The fourth-order valence-corrected chi connectivity index (χ4v) is 1.85. The van der Waals surface area contributed by atoms with Crippen molar-refractivity contribution >= 4 is 5.97 Å². The van der Waals surface area contributed by atoms with Crippen LogP contribution in [0.1, 0.15) is 12.8 Å². The number of likely N-dealkylation sites (tertiary alicyclic amines) is 1. The molecule has 3 N–H and O–H groups in total. The Labute approximate surface area is 89.6 Å². The molecule has 6 nitrogen and oxygen atoms in total. The van der Waals surface area contributed by atoms with E-state index >= 15 is 0 Å². The maximum Gasteiger partial charge on any atom is 0.327 e. The molecular weight excluding hydrogens is 198 g/mol. The van der Waals surface area contributed by atoms with Gasteiger partial charge in [-0.1, -0.05) is 5.59 Å². The largest absolute Gasteiger partial charge is 0.384 e. The molecule has 0 amide bonds. The number of nitrogens with two attached hydrogens (primary N) is 1. The van der Waals surface area contributed by atoms with Crippen molar-refractivity contribution in [2.24, 2.45) is 11.8 Å². The number of nitrogens with one attached hydrogen (secondary N) is 1. The molecule has 0 saturated carbocycles. The zero-order valence-corrected chi connectivity index (χ0v) is 9.07. The molecule has 0 spiro atoms. The quantitative estimate of drug-likeness (QED) is 0.451. The van der Waals surface area contributed by atoms with E-state index in [1.165, 1.54) is 0 Å². The third-order valence-corrected chi connectivity index (χ3v) is 2.58. The Kier molecular flexibility index (Phi) is 5.56. The van der Waals surface area contributed by atoms with Crippen LogP contribution in [0.2, 0.25) is 0 Å². The third kappa shape index (κ3) is 4.57. The molecule has 1 aliphatic heterocycles. The second-order valence-corrected chi connectivity index (χ2v) is 3.75. The van der Waals surface area contributed by atoms with Gasteiger partial charge >= 0.3 is 5.97 Å². The van der Waals surface area contributed by atoms with Gasteiger partial charge in [-0.25, -0.2) is 5.84 Å². The maximum atomic E-state index is 11.0. The highest BCUT2D eigenvalue weighted by atomic mass is 16.7. The van der Waals surface area contributed by atoms with Crippen molar-refractivity contribution in [2.45, 2.75) is 12.8 Å². The molecule has 1 unspecified atom stereocenters. The van der Waals surface area contributed by atoms with E-state index in [-0.39, 0.29) is 5.97 Å². The zero-order chi connectivity index (χ0) is 11.1. The number of carbonyl (C=O) groups excluding carboxylic acids is 1. The number of hydrogen-bond donors (Lipinski definition) is 2. The summed E-state index contributed by atoms with van der Waals surface area (Å²) in [6.07, 6.45) is 1.50. The van der Waals surface area contributed by atoms with E-state index in [2.05, 4.69) is 9.74 Å². The molecule has 1 atom stereocenters. The minimum atomic E-state index is -0.326. The first-order valence-corrected chi connectivity index (χ1v) is 5.12. The lowest BCUT2D eigenvalue weighted by molar-refractivity contribution is -0.151. The monoisotopic (exact) mass is 217 g/mol. The van der Waals surface area contributed by atoms with Crippen LogP contribution in [0.4, 0.5) is 0 Å². The molecule has 15 heavy (non-hydrogen) atoms. The van der Waals surface area contributed by atoms with E-state index < -0.39 is 0 Å². The molecule has 1 heterocycles. The van der Waals surface area contributed by atoms with Crippen molar-refractivity contribution in [3.63, 3.8) is 0 Å². The Morgan fingerprint density at radius 2 is 2.47 bits per heavy atom. The van der Waals surface area contributed by atoms with Gasteiger partial charge in [0.05, 0.1) is 13.0 Å². The van der Waals surface area contributed by atoms with E-state index in [9.17, 15) is 4.79 Å². The Morgan fingerprint density at radius 3 is 3.13 bits per heavy atom. The predicted octanol–water partition coefficient (Wildman–Crippen LogP) is -0.734. The summed E-state index contributed by atoms with van der Waals surface area (Å²) in [5.41, 5.74) is 1.88. The fourth-order valence-electron chi connectivity index (χ4n) is 1.85. The third-order valence-electron chi connectivity index (χ3n) is 2.58. The lowest BCUT2D eigenvalue weighted by Gasteiger charge is -2.14. The molecule has 1 aliphatic rings. The van der Waals surface area contributed by atoms with Gasteiger partial charge in [0.2, 0.25) is 0 Å². The summed E-state index contributed by atoms with van der Waals surface area (Å²) in [4.78, 5) is 17.6. The summed E-state index contributed by atoms with van der Waals surface area (Å²) < 4.78 is 5.09. The van der Waals surface area contributed by atoms with E-state index in [0.717, 1.165) is 32.7 Å². The molecule has 0 bridgehead atoms. The van der Waals surface area contributed by atoms with Gasteiger partial charge in [-0.15, -0.1) is 0 Å². The van der Waals surface area contributed by atoms with Gasteiger partial charge in [0.15, 0.2) is 0 Å². The average Bonchev–Trinajstić information content (AvgIpc) is 2.64. The van der Waals surface area contributed by atoms with Crippen LogP contribution in [0.5, 0.6) is 0 Å². The summed E-state index contributed by atoms with van der Waals surface area (Å²) >= 11 is 0. The molecule has 0 aliphatic carbocycles. The molecule has 0 aromatic rings.